The van der Waals surface area contributed by atoms with Gasteiger partial charge in [0.05, 0.1) is 11.1 Å². The smallest absolute Gasteiger partial charge is 0.254 e. The molecule has 1 saturated heterocycles. The van der Waals surface area contributed by atoms with E-state index >= 15 is 0 Å². The van der Waals surface area contributed by atoms with Gasteiger partial charge in [-0.2, -0.15) is 0 Å². The summed E-state index contributed by atoms with van der Waals surface area (Å²) >= 11 is 0. The Morgan fingerprint density at radius 3 is 2.39 bits per heavy atom. The molecule has 18 heavy (non-hydrogen) atoms. The minimum absolute atomic E-state index is 0.0801. The third-order valence-corrected chi connectivity index (χ3v) is 3.31. The van der Waals surface area contributed by atoms with E-state index < -0.39 is 5.91 Å². The molecular weight excluding hydrogens is 228 g/mol. The second-order valence-corrected chi connectivity index (χ2v) is 4.77. The first kappa shape index (κ1) is 12.6. The zero-order valence-corrected chi connectivity index (χ0v) is 10.6. The Morgan fingerprint density at radius 1 is 1.11 bits per heavy atom. The quantitative estimate of drug-likeness (QED) is 0.863. The summed E-state index contributed by atoms with van der Waals surface area (Å²) in [5, 5.41) is 0. The summed E-state index contributed by atoms with van der Waals surface area (Å²) in [5.41, 5.74) is 7.02. The second kappa shape index (κ2) is 5.21. The van der Waals surface area contributed by atoms with Crippen molar-refractivity contribution in [2.24, 2.45) is 5.73 Å². The number of benzene rings is 1. The first-order chi connectivity index (χ1) is 8.59. The maximum atomic E-state index is 12.4. The van der Waals surface area contributed by atoms with Crippen LogP contribution in [0.1, 0.15) is 45.5 Å². The standard InChI is InChI=1S/C14H18N2O2/c1-10-5-6-11(12(9-10)13(15)17)14(18)16-7-3-2-4-8-16/h5-6,9H,2-4,7-8H2,1H3,(H2,15,17). The third-order valence-electron chi connectivity index (χ3n) is 3.31. The Balaban J connectivity index is 2.31. The Morgan fingerprint density at radius 2 is 1.78 bits per heavy atom. The Kier molecular flexibility index (Phi) is 3.65. The highest BCUT2D eigenvalue weighted by molar-refractivity contribution is 6.06. The maximum absolute atomic E-state index is 12.4. The van der Waals surface area contributed by atoms with E-state index in [0.29, 0.717) is 11.1 Å². The topological polar surface area (TPSA) is 63.4 Å². The van der Waals surface area contributed by atoms with Gasteiger partial charge in [0.25, 0.3) is 5.91 Å². The number of likely N-dealkylation sites (tertiary alicyclic amines) is 1. The summed E-state index contributed by atoms with van der Waals surface area (Å²) in [6.07, 6.45) is 3.23. The number of carbonyl (C=O) groups excluding carboxylic acids is 2. The lowest BCUT2D eigenvalue weighted by atomic mass is 10.0. The molecule has 4 nitrogen and oxygen atoms in total. The van der Waals surface area contributed by atoms with Crippen molar-refractivity contribution in [3.8, 4) is 0 Å². The molecule has 0 aromatic heterocycles. The summed E-state index contributed by atoms with van der Waals surface area (Å²) < 4.78 is 0. The molecule has 1 heterocycles. The number of piperidine rings is 1. The van der Waals surface area contributed by atoms with Gasteiger partial charge in [0, 0.05) is 13.1 Å². The summed E-state index contributed by atoms with van der Waals surface area (Å²) in [6.45, 7) is 3.41. The Hall–Kier alpha value is -1.84. The molecule has 1 aromatic rings. The van der Waals surface area contributed by atoms with E-state index in [0.717, 1.165) is 31.5 Å². The largest absolute Gasteiger partial charge is 0.366 e. The number of rotatable bonds is 2. The van der Waals surface area contributed by atoms with Crippen LogP contribution < -0.4 is 5.73 Å². The molecule has 4 heteroatoms. The van der Waals surface area contributed by atoms with Crippen molar-refractivity contribution in [1.29, 1.82) is 0 Å². The van der Waals surface area contributed by atoms with E-state index in [2.05, 4.69) is 0 Å². The van der Waals surface area contributed by atoms with Gasteiger partial charge in [-0.3, -0.25) is 9.59 Å². The van der Waals surface area contributed by atoms with Crippen molar-refractivity contribution < 1.29 is 9.59 Å². The molecule has 2 amide bonds. The number of primary amides is 1. The molecule has 2 N–H and O–H groups in total. The van der Waals surface area contributed by atoms with Crippen LogP contribution in [0.2, 0.25) is 0 Å². The van der Waals surface area contributed by atoms with Crippen LogP contribution in [0, 0.1) is 6.92 Å². The first-order valence-electron chi connectivity index (χ1n) is 6.29. The molecule has 1 fully saturated rings. The minimum Gasteiger partial charge on any atom is -0.366 e. The van der Waals surface area contributed by atoms with Crippen LogP contribution in [0.25, 0.3) is 0 Å². The Labute approximate surface area is 107 Å². The van der Waals surface area contributed by atoms with Crippen LogP contribution in [-0.4, -0.2) is 29.8 Å². The highest BCUT2D eigenvalue weighted by Crippen LogP contribution is 2.17. The lowest BCUT2D eigenvalue weighted by molar-refractivity contribution is 0.0719. The molecule has 0 spiro atoms. The van der Waals surface area contributed by atoms with Gasteiger partial charge in [0.15, 0.2) is 0 Å². The lowest BCUT2D eigenvalue weighted by Gasteiger charge is -2.27. The summed E-state index contributed by atoms with van der Waals surface area (Å²) in [4.78, 5) is 25.6. The number of aryl methyl sites for hydroxylation is 1. The lowest BCUT2D eigenvalue weighted by Crippen LogP contribution is -2.36. The summed E-state index contributed by atoms with van der Waals surface area (Å²) in [5.74, 6) is -0.623. The van der Waals surface area contributed by atoms with Crippen LogP contribution in [0.5, 0.6) is 0 Å². The molecule has 96 valence electrons. The van der Waals surface area contributed by atoms with Crippen molar-refractivity contribution >= 4 is 11.8 Å². The fourth-order valence-corrected chi connectivity index (χ4v) is 2.32. The van der Waals surface area contributed by atoms with Gasteiger partial charge < -0.3 is 10.6 Å². The van der Waals surface area contributed by atoms with Crippen LogP contribution in [0.3, 0.4) is 0 Å². The average Bonchev–Trinajstić information content (AvgIpc) is 2.39. The predicted molar refractivity (Wildman–Crippen MR) is 69.5 cm³/mol. The molecule has 0 unspecified atom stereocenters. The molecule has 0 bridgehead atoms. The normalized spacial score (nSPS) is 15.5. The number of hydrogen-bond donors (Lipinski definition) is 1. The number of hydrogen-bond acceptors (Lipinski definition) is 2. The number of nitrogens with zero attached hydrogens (tertiary/aromatic N) is 1. The predicted octanol–water partition coefficient (Wildman–Crippen LogP) is 1.72. The average molecular weight is 246 g/mol. The van der Waals surface area contributed by atoms with Gasteiger partial charge >= 0.3 is 0 Å². The molecule has 0 radical (unpaired) electrons. The Bertz CT molecular complexity index is 477. The monoisotopic (exact) mass is 246 g/mol. The first-order valence-corrected chi connectivity index (χ1v) is 6.29. The zero-order chi connectivity index (χ0) is 13.1. The third kappa shape index (κ3) is 2.53. The van der Waals surface area contributed by atoms with Crippen molar-refractivity contribution in [1.82, 2.24) is 4.90 Å². The van der Waals surface area contributed by atoms with E-state index in [1.165, 1.54) is 6.42 Å². The van der Waals surface area contributed by atoms with E-state index in [1.807, 2.05) is 13.0 Å². The molecule has 0 saturated carbocycles. The fourth-order valence-electron chi connectivity index (χ4n) is 2.32. The number of amides is 2. The highest BCUT2D eigenvalue weighted by Gasteiger charge is 2.22. The van der Waals surface area contributed by atoms with E-state index in [9.17, 15) is 9.59 Å². The van der Waals surface area contributed by atoms with Crippen molar-refractivity contribution in [2.45, 2.75) is 26.2 Å². The highest BCUT2D eigenvalue weighted by atomic mass is 16.2. The minimum atomic E-state index is -0.543. The van der Waals surface area contributed by atoms with Crippen molar-refractivity contribution in [3.63, 3.8) is 0 Å². The van der Waals surface area contributed by atoms with Crippen molar-refractivity contribution in [2.75, 3.05) is 13.1 Å². The van der Waals surface area contributed by atoms with Crippen molar-refractivity contribution in [3.05, 3.63) is 34.9 Å². The molecule has 0 aliphatic carbocycles. The number of carbonyl (C=O) groups is 2. The van der Waals surface area contributed by atoms with Gasteiger partial charge in [0.1, 0.15) is 0 Å². The maximum Gasteiger partial charge on any atom is 0.254 e. The summed E-state index contributed by atoms with van der Waals surface area (Å²) in [6, 6.07) is 5.22. The molecule has 1 aromatic carbocycles. The molecular formula is C14H18N2O2. The zero-order valence-electron chi connectivity index (χ0n) is 10.6. The molecule has 1 aliphatic rings. The molecule has 1 aliphatic heterocycles. The molecule has 0 atom stereocenters. The SMILES string of the molecule is Cc1ccc(C(=O)N2CCCCC2)c(C(N)=O)c1. The number of nitrogens with two attached hydrogens (primary N) is 1. The van der Waals surface area contributed by atoms with Gasteiger partial charge in [-0.15, -0.1) is 0 Å². The van der Waals surface area contributed by atoms with E-state index in [1.54, 1.807) is 17.0 Å². The van der Waals surface area contributed by atoms with E-state index in [4.69, 9.17) is 5.73 Å². The van der Waals surface area contributed by atoms with Crippen LogP contribution in [0.15, 0.2) is 18.2 Å². The van der Waals surface area contributed by atoms with Crippen LogP contribution >= 0.6 is 0 Å². The van der Waals surface area contributed by atoms with Gasteiger partial charge in [0.2, 0.25) is 5.91 Å². The second-order valence-electron chi connectivity index (χ2n) is 4.77. The van der Waals surface area contributed by atoms with Gasteiger partial charge in [-0.25, -0.2) is 0 Å². The summed E-state index contributed by atoms with van der Waals surface area (Å²) in [7, 11) is 0. The van der Waals surface area contributed by atoms with Gasteiger partial charge in [-0.05, 0) is 38.3 Å². The molecule has 2 rings (SSSR count). The van der Waals surface area contributed by atoms with Crippen LogP contribution in [-0.2, 0) is 0 Å². The fraction of sp³-hybridized carbons (Fsp3) is 0.429. The van der Waals surface area contributed by atoms with Gasteiger partial charge in [-0.1, -0.05) is 11.6 Å². The van der Waals surface area contributed by atoms with E-state index in [-0.39, 0.29) is 5.91 Å². The van der Waals surface area contributed by atoms with Crippen LogP contribution in [0.4, 0.5) is 0 Å².